The summed E-state index contributed by atoms with van der Waals surface area (Å²) in [5.41, 5.74) is 0.690. The van der Waals surface area contributed by atoms with E-state index >= 15 is 0 Å². The fraction of sp³-hybridized carbons (Fsp3) is 0.500. The molecule has 0 bridgehead atoms. The number of esters is 4. The number of rotatable bonds is 11. The van der Waals surface area contributed by atoms with Crippen LogP contribution in [0, 0.1) is 0 Å². The van der Waals surface area contributed by atoms with Crippen LogP contribution in [0.2, 0.25) is 0 Å². The van der Waals surface area contributed by atoms with Gasteiger partial charge in [-0.3, -0.25) is 24.0 Å². The van der Waals surface area contributed by atoms with Crippen LogP contribution in [-0.2, 0) is 49.4 Å². The average molecular weight is 577 g/mol. The van der Waals surface area contributed by atoms with Gasteiger partial charge < -0.3 is 33.7 Å². The predicted molar refractivity (Wildman–Crippen MR) is 136 cm³/mol. The lowest BCUT2D eigenvalue weighted by Gasteiger charge is -2.44. The maximum Gasteiger partial charge on any atom is 0.303 e. The Morgan fingerprint density at radius 2 is 1.59 bits per heavy atom. The number of nitrogens with zero attached hydrogens (tertiary/aromatic N) is 3. The Balaban J connectivity index is 1.87. The van der Waals surface area contributed by atoms with Crippen molar-refractivity contribution >= 4 is 29.8 Å². The minimum absolute atomic E-state index is 0.0248. The van der Waals surface area contributed by atoms with Crippen molar-refractivity contribution in [2.24, 2.45) is 0 Å². The molecule has 0 saturated carbocycles. The number of benzene rings is 1. The van der Waals surface area contributed by atoms with Gasteiger partial charge in [-0.05, 0) is 25.1 Å². The molecule has 0 aliphatic carbocycles. The Morgan fingerprint density at radius 3 is 2.22 bits per heavy atom. The highest BCUT2D eigenvalue weighted by Crippen LogP contribution is 2.34. The van der Waals surface area contributed by atoms with Gasteiger partial charge in [0.05, 0.1) is 19.3 Å². The van der Waals surface area contributed by atoms with E-state index in [4.69, 9.17) is 28.4 Å². The van der Waals surface area contributed by atoms with Crippen LogP contribution in [0.4, 0.5) is 0 Å². The van der Waals surface area contributed by atoms with E-state index in [0.717, 1.165) is 20.8 Å². The summed E-state index contributed by atoms with van der Waals surface area (Å²) in [6.45, 7) is 6.45. The molecule has 15 nitrogen and oxygen atoms in total. The third-order valence-electron chi connectivity index (χ3n) is 5.62. The highest BCUT2D eigenvalue weighted by Gasteiger charge is 2.53. The standard InChI is InChI=1S/C26H32N4O11/c1-6-36-20-9-7-8-18(10-20)25(35)27-11-19-12-30(29-28-19)26-24(40-17(5)34)23(39-16(4)33)22(38-15(3)32)21(41-26)13-37-14(2)31/h7-10,12,21-24,26H,6,11,13H2,1-5H3,(H,27,35)/t21-,22-,23+,24-,26-/m1/s1. The van der Waals surface area contributed by atoms with Gasteiger partial charge in [0.25, 0.3) is 5.91 Å². The van der Waals surface area contributed by atoms with Crippen molar-refractivity contribution in [3.05, 3.63) is 41.7 Å². The van der Waals surface area contributed by atoms with E-state index in [2.05, 4.69) is 15.6 Å². The molecule has 1 aliphatic heterocycles. The maximum atomic E-state index is 12.7. The number of carbonyl (C=O) groups excluding carboxylic acids is 5. The van der Waals surface area contributed by atoms with Crippen LogP contribution in [0.3, 0.4) is 0 Å². The summed E-state index contributed by atoms with van der Waals surface area (Å²) in [5.74, 6) is -2.71. The molecule has 0 unspecified atom stereocenters. The van der Waals surface area contributed by atoms with Crippen molar-refractivity contribution < 1.29 is 52.4 Å². The lowest BCUT2D eigenvalue weighted by atomic mass is 9.97. The number of hydrogen-bond donors (Lipinski definition) is 1. The molecule has 1 N–H and O–H groups in total. The third-order valence-corrected chi connectivity index (χ3v) is 5.62. The molecule has 3 rings (SSSR count). The third kappa shape index (κ3) is 8.73. The first-order valence-electron chi connectivity index (χ1n) is 12.7. The molecule has 2 heterocycles. The van der Waals surface area contributed by atoms with E-state index in [-0.39, 0.29) is 19.1 Å². The molecule has 41 heavy (non-hydrogen) atoms. The van der Waals surface area contributed by atoms with Gasteiger partial charge in [0.15, 0.2) is 24.5 Å². The van der Waals surface area contributed by atoms with Crippen LogP contribution < -0.4 is 10.1 Å². The fourth-order valence-corrected chi connectivity index (χ4v) is 4.10. The van der Waals surface area contributed by atoms with Crippen molar-refractivity contribution in [2.75, 3.05) is 13.2 Å². The van der Waals surface area contributed by atoms with Crippen LogP contribution in [0.25, 0.3) is 0 Å². The number of aromatic nitrogens is 3. The normalized spacial score (nSPS) is 21.7. The Labute approximate surface area is 235 Å². The lowest BCUT2D eigenvalue weighted by Crippen LogP contribution is -2.60. The predicted octanol–water partition coefficient (Wildman–Crippen LogP) is 0.862. The van der Waals surface area contributed by atoms with Gasteiger partial charge >= 0.3 is 23.9 Å². The van der Waals surface area contributed by atoms with Crippen LogP contribution in [-0.4, -0.2) is 82.4 Å². The maximum absolute atomic E-state index is 12.7. The first-order chi connectivity index (χ1) is 19.5. The summed E-state index contributed by atoms with van der Waals surface area (Å²) in [4.78, 5) is 60.1. The zero-order chi connectivity index (χ0) is 30.1. The van der Waals surface area contributed by atoms with Crippen molar-refractivity contribution in [1.82, 2.24) is 20.3 Å². The molecular formula is C26H32N4O11. The van der Waals surface area contributed by atoms with E-state index in [9.17, 15) is 24.0 Å². The van der Waals surface area contributed by atoms with Gasteiger partial charge in [-0.25, -0.2) is 4.68 Å². The van der Waals surface area contributed by atoms with E-state index in [0.29, 0.717) is 23.6 Å². The Kier molecular flexibility index (Phi) is 10.7. The molecule has 0 spiro atoms. The van der Waals surface area contributed by atoms with Gasteiger partial charge in [0.1, 0.15) is 24.2 Å². The molecule has 15 heteroatoms. The first-order valence-corrected chi connectivity index (χ1v) is 12.7. The summed E-state index contributed by atoms with van der Waals surface area (Å²) >= 11 is 0. The van der Waals surface area contributed by atoms with E-state index in [1.54, 1.807) is 24.3 Å². The van der Waals surface area contributed by atoms with Gasteiger partial charge in [0.2, 0.25) is 0 Å². The molecule has 1 saturated heterocycles. The van der Waals surface area contributed by atoms with E-state index in [1.165, 1.54) is 17.8 Å². The molecular weight excluding hydrogens is 544 g/mol. The zero-order valence-electron chi connectivity index (χ0n) is 23.2. The van der Waals surface area contributed by atoms with Gasteiger partial charge in [0, 0.05) is 33.3 Å². The molecule has 1 fully saturated rings. The smallest absolute Gasteiger partial charge is 0.303 e. The Hall–Kier alpha value is -4.53. The summed E-state index contributed by atoms with van der Waals surface area (Å²) in [6, 6.07) is 6.67. The second kappa shape index (κ2) is 14.2. The van der Waals surface area contributed by atoms with Gasteiger partial charge in [-0.15, -0.1) is 5.10 Å². The van der Waals surface area contributed by atoms with Crippen molar-refractivity contribution in [1.29, 1.82) is 0 Å². The Morgan fingerprint density at radius 1 is 0.927 bits per heavy atom. The molecule has 1 aromatic heterocycles. The molecule has 1 aliphatic rings. The molecule has 0 radical (unpaired) electrons. The molecule has 222 valence electrons. The van der Waals surface area contributed by atoms with Crippen molar-refractivity contribution in [3.63, 3.8) is 0 Å². The zero-order valence-corrected chi connectivity index (χ0v) is 23.2. The SMILES string of the molecule is CCOc1cccc(C(=O)NCc2cn([C@@H]3O[C@H](COC(C)=O)[C@@H](OC(C)=O)[C@H](OC(C)=O)[C@H]3OC(C)=O)nn2)c1. The van der Waals surface area contributed by atoms with Crippen LogP contribution in [0.1, 0.15) is 56.9 Å². The number of ether oxygens (including phenoxy) is 6. The number of nitrogens with one attached hydrogen (secondary N) is 1. The summed E-state index contributed by atoms with van der Waals surface area (Å²) < 4.78 is 34.0. The molecule has 2 aromatic rings. The molecule has 1 aromatic carbocycles. The number of amides is 1. The minimum atomic E-state index is -1.36. The minimum Gasteiger partial charge on any atom is -0.494 e. The summed E-state index contributed by atoms with van der Waals surface area (Å²) in [7, 11) is 0. The van der Waals surface area contributed by atoms with Crippen molar-refractivity contribution in [3.8, 4) is 5.75 Å². The van der Waals surface area contributed by atoms with Crippen LogP contribution in [0.15, 0.2) is 30.5 Å². The second-order valence-electron chi connectivity index (χ2n) is 8.92. The van der Waals surface area contributed by atoms with Gasteiger partial charge in [-0.2, -0.15) is 0 Å². The highest BCUT2D eigenvalue weighted by molar-refractivity contribution is 5.94. The summed E-state index contributed by atoms with van der Waals surface area (Å²) in [5, 5.41) is 10.8. The highest BCUT2D eigenvalue weighted by atomic mass is 16.7. The largest absolute Gasteiger partial charge is 0.494 e. The average Bonchev–Trinajstić information content (AvgIpc) is 3.37. The van der Waals surface area contributed by atoms with Crippen LogP contribution >= 0.6 is 0 Å². The summed E-state index contributed by atoms with van der Waals surface area (Å²) in [6.07, 6.45) is -4.97. The quantitative estimate of drug-likeness (QED) is 0.294. The fourth-order valence-electron chi connectivity index (χ4n) is 4.10. The van der Waals surface area contributed by atoms with Crippen LogP contribution in [0.5, 0.6) is 5.75 Å². The van der Waals surface area contributed by atoms with E-state index in [1.807, 2.05) is 6.92 Å². The number of carbonyl (C=O) groups is 5. The van der Waals surface area contributed by atoms with Crippen molar-refractivity contribution in [2.45, 2.75) is 71.8 Å². The number of hydrogen-bond acceptors (Lipinski definition) is 13. The molecule has 5 atom stereocenters. The first kappa shape index (κ1) is 31.0. The lowest BCUT2D eigenvalue weighted by molar-refractivity contribution is -0.270. The Bertz CT molecular complexity index is 1260. The van der Waals surface area contributed by atoms with E-state index < -0.39 is 54.5 Å². The van der Waals surface area contributed by atoms with Gasteiger partial charge in [-0.1, -0.05) is 11.3 Å². The second-order valence-corrected chi connectivity index (χ2v) is 8.92. The monoisotopic (exact) mass is 576 g/mol. The topological polar surface area (TPSA) is 183 Å². The molecule has 1 amide bonds.